The number of hydrogen-bond donors (Lipinski definition) is 3. The molecule has 5 aliphatic carbocycles. The molecule has 1 amide bonds. The van der Waals surface area contributed by atoms with Gasteiger partial charge in [-0.15, -0.1) is 0 Å². The lowest BCUT2D eigenvalue weighted by atomic mass is 9.37. The molecule has 0 aromatic rings. The van der Waals surface area contributed by atoms with E-state index in [0.717, 1.165) is 47.3 Å². The van der Waals surface area contributed by atoms with Crippen molar-refractivity contribution in [3.63, 3.8) is 0 Å². The van der Waals surface area contributed by atoms with Gasteiger partial charge in [0, 0.05) is 6.42 Å². The molecule has 5 rings (SSSR count). The zero-order valence-corrected chi connectivity index (χ0v) is 26.5. The summed E-state index contributed by atoms with van der Waals surface area (Å²) >= 11 is 0. The highest BCUT2D eigenvalue weighted by Gasteiger charge is 2.64. The van der Waals surface area contributed by atoms with Gasteiger partial charge in [0.25, 0.3) is 0 Å². The van der Waals surface area contributed by atoms with Gasteiger partial charge < -0.3 is 15.5 Å². The van der Waals surface area contributed by atoms with Crippen molar-refractivity contribution in [2.24, 2.45) is 63.6 Å². The Morgan fingerprint density at radius 3 is 2.02 bits per heavy atom. The van der Waals surface area contributed by atoms with Crippen LogP contribution in [0.2, 0.25) is 0 Å². The molecule has 6 nitrogen and oxygen atoms in total. The Hall–Kier alpha value is -1.59. The number of hydrogen-bond acceptors (Lipinski definition) is 3. The third kappa shape index (κ3) is 6.41. The SMILES string of the molecule is CC(C)C1CCC2(C)CCC3C(CCC4C5(C)CCCC(C)C5CCC34C)C12.CCC(=O)O.O=CNCC(=O)O. The molecule has 0 heterocycles. The Kier molecular flexibility index (Phi) is 10.8. The standard InChI is InChI=1S/C28H48.C3H5NO3.C3H6O2/c1-18(2)20-11-15-26(4)16-12-23-21(25(20)26)9-10-24-27(5)14-7-8-19(3)22(27)13-17-28(23,24)6;5-2-4-1-3(6)7;1-2-3(4)5/h18-25H,7-17H2,1-6H3;2H,1H2,(H,4,5)(H,6,7);2H2,1H3,(H,4,5). The molecule has 0 radical (unpaired) electrons. The molecule has 5 saturated carbocycles. The summed E-state index contributed by atoms with van der Waals surface area (Å²) in [4.78, 5) is 28.2. The zero-order valence-electron chi connectivity index (χ0n) is 26.5. The van der Waals surface area contributed by atoms with Crippen molar-refractivity contribution in [3.8, 4) is 0 Å². The van der Waals surface area contributed by atoms with Crippen molar-refractivity contribution in [2.75, 3.05) is 6.54 Å². The summed E-state index contributed by atoms with van der Waals surface area (Å²) in [6, 6.07) is 0. The lowest BCUT2D eigenvalue weighted by Crippen LogP contribution is -2.60. The minimum absolute atomic E-state index is 0.222. The molecule has 0 aromatic heterocycles. The van der Waals surface area contributed by atoms with E-state index in [-0.39, 0.29) is 13.0 Å². The second-order valence-corrected chi connectivity index (χ2v) is 15.2. The highest BCUT2D eigenvalue weighted by Crippen LogP contribution is 2.72. The van der Waals surface area contributed by atoms with Crippen LogP contribution < -0.4 is 5.32 Å². The molecule has 10 atom stereocenters. The Morgan fingerprint density at radius 1 is 0.875 bits per heavy atom. The molecular weight excluding hydrogens is 502 g/mol. The number of aliphatic carboxylic acids is 2. The first kappa shape index (κ1) is 32.9. The van der Waals surface area contributed by atoms with E-state index in [1.165, 1.54) is 32.1 Å². The molecule has 0 spiro atoms. The molecule has 0 bridgehead atoms. The van der Waals surface area contributed by atoms with E-state index in [4.69, 9.17) is 10.2 Å². The van der Waals surface area contributed by atoms with Gasteiger partial charge in [-0.1, -0.05) is 61.3 Å². The van der Waals surface area contributed by atoms with Crippen molar-refractivity contribution < 1.29 is 24.6 Å². The van der Waals surface area contributed by atoms with E-state index in [0.29, 0.717) is 22.7 Å². The van der Waals surface area contributed by atoms with Crippen LogP contribution in [0.3, 0.4) is 0 Å². The van der Waals surface area contributed by atoms with Gasteiger partial charge in [-0.3, -0.25) is 14.4 Å². The van der Waals surface area contributed by atoms with E-state index in [2.05, 4.69) is 41.5 Å². The molecule has 0 aromatic carbocycles. The second-order valence-electron chi connectivity index (χ2n) is 15.2. The fourth-order valence-corrected chi connectivity index (χ4v) is 11.3. The predicted octanol–water partition coefficient (Wildman–Crippen LogP) is 7.65. The lowest BCUT2D eigenvalue weighted by Gasteiger charge is -2.67. The molecule has 0 aliphatic heterocycles. The highest BCUT2D eigenvalue weighted by molar-refractivity contribution is 5.71. The average molecular weight is 562 g/mol. The number of carbonyl (C=O) groups is 3. The lowest BCUT2D eigenvalue weighted by molar-refractivity contribution is -0.185. The Bertz CT molecular complexity index is 890. The van der Waals surface area contributed by atoms with Gasteiger partial charge in [0.1, 0.15) is 6.54 Å². The van der Waals surface area contributed by atoms with Gasteiger partial charge >= 0.3 is 11.9 Å². The van der Waals surface area contributed by atoms with Crippen LogP contribution in [0, 0.1) is 63.6 Å². The molecule has 10 unspecified atom stereocenters. The zero-order chi connectivity index (χ0) is 29.9. The fraction of sp³-hybridized carbons (Fsp3) is 0.912. The minimum atomic E-state index is -1.04. The maximum Gasteiger partial charge on any atom is 0.322 e. The third-order valence-corrected chi connectivity index (χ3v) is 12.9. The summed E-state index contributed by atoms with van der Waals surface area (Å²) in [5, 5.41) is 17.5. The molecule has 40 heavy (non-hydrogen) atoms. The van der Waals surface area contributed by atoms with E-state index >= 15 is 0 Å². The van der Waals surface area contributed by atoms with E-state index in [9.17, 15) is 14.4 Å². The van der Waals surface area contributed by atoms with Crippen LogP contribution >= 0.6 is 0 Å². The number of nitrogens with one attached hydrogen (secondary N) is 1. The average Bonchev–Trinajstić information content (AvgIpc) is 3.26. The first-order valence-electron chi connectivity index (χ1n) is 16.4. The van der Waals surface area contributed by atoms with Crippen molar-refractivity contribution in [1.29, 1.82) is 0 Å². The molecular formula is C34H59NO5. The van der Waals surface area contributed by atoms with Crippen LogP contribution in [0.4, 0.5) is 0 Å². The van der Waals surface area contributed by atoms with Crippen LogP contribution in [-0.2, 0) is 14.4 Å². The molecule has 6 heteroatoms. The number of fused-ring (bicyclic) bond motifs is 7. The number of rotatable bonds is 5. The molecule has 230 valence electrons. The number of carboxylic acid groups (broad SMARTS) is 2. The van der Waals surface area contributed by atoms with E-state index in [1.807, 2.05) is 5.32 Å². The maximum atomic E-state index is 9.54. The summed E-state index contributed by atoms with van der Waals surface area (Å²) in [7, 11) is 0. The summed E-state index contributed by atoms with van der Waals surface area (Å²) < 4.78 is 0. The van der Waals surface area contributed by atoms with Crippen LogP contribution in [-0.4, -0.2) is 35.1 Å². The van der Waals surface area contributed by atoms with Crippen molar-refractivity contribution in [2.45, 2.75) is 126 Å². The van der Waals surface area contributed by atoms with Crippen LogP contribution in [0.5, 0.6) is 0 Å². The highest BCUT2D eigenvalue weighted by atomic mass is 16.4. The molecule has 5 fully saturated rings. The van der Waals surface area contributed by atoms with Gasteiger partial charge in [0.15, 0.2) is 0 Å². The summed E-state index contributed by atoms with van der Waals surface area (Å²) in [6.07, 6.45) is 17.5. The quantitative estimate of drug-likeness (QED) is 0.299. The molecule has 5 aliphatic rings. The van der Waals surface area contributed by atoms with Gasteiger partial charge in [-0.2, -0.15) is 0 Å². The maximum absolute atomic E-state index is 9.54. The Labute approximate surface area is 243 Å². The largest absolute Gasteiger partial charge is 0.481 e. The van der Waals surface area contributed by atoms with E-state index < -0.39 is 11.9 Å². The smallest absolute Gasteiger partial charge is 0.322 e. The monoisotopic (exact) mass is 561 g/mol. The van der Waals surface area contributed by atoms with Crippen molar-refractivity contribution >= 4 is 18.3 Å². The number of carbonyl (C=O) groups excluding carboxylic acids is 1. The van der Waals surface area contributed by atoms with Gasteiger partial charge in [-0.25, -0.2) is 0 Å². The first-order valence-corrected chi connectivity index (χ1v) is 16.4. The van der Waals surface area contributed by atoms with Crippen LogP contribution in [0.15, 0.2) is 0 Å². The topological polar surface area (TPSA) is 104 Å². The summed E-state index contributed by atoms with van der Waals surface area (Å²) in [5.74, 6) is 6.29. The predicted molar refractivity (Wildman–Crippen MR) is 160 cm³/mol. The van der Waals surface area contributed by atoms with Gasteiger partial charge in [-0.05, 0) is 121 Å². The van der Waals surface area contributed by atoms with Crippen LogP contribution in [0.1, 0.15) is 126 Å². The number of carboxylic acids is 2. The summed E-state index contributed by atoms with van der Waals surface area (Å²) in [5.41, 5.74) is 1.99. The minimum Gasteiger partial charge on any atom is -0.481 e. The molecule has 3 N–H and O–H groups in total. The van der Waals surface area contributed by atoms with Gasteiger partial charge in [0.05, 0.1) is 0 Å². The molecule has 0 saturated heterocycles. The Balaban J connectivity index is 0.000000311. The van der Waals surface area contributed by atoms with Crippen molar-refractivity contribution in [3.05, 3.63) is 0 Å². The number of amides is 1. The summed E-state index contributed by atoms with van der Waals surface area (Å²) in [6.45, 7) is 17.2. The van der Waals surface area contributed by atoms with Crippen LogP contribution in [0.25, 0.3) is 0 Å². The third-order valence-electron chi connectivity index (χ3n) is 12.9. The second kappa shape index (κ2) is 13.2. The Morgan fingerprint density at radius 2 is 1.48 bits per heavy atom. The van der Waals surface area contributed by atoms with Crippen molar-refractivity contribution in [1.82, 2.24) is 5.32 Å². The fourth-order valence-electron chi connectivity index (χ4n) is 11.3. The van der Waals surface area contributed by atoms with E-state index in [1.54, 1.807) is 45.4 Å². The first-order chi connectivity index (χ1) is 18.7. The normalized spacial score (nSPS) is 43.2. The van der Waals surface area contributed by atoms with Gasteiger partial charge in [0.2, 0.25) is 6.41 Å².